The fourth-order valence-electron chi connectivity index (χ4n) is 2.14. The lowest BCUT2D eigenvalue weighted by molar-refractivity contribution is 0.108. The number of aliphatic hydroxyl groups is 1. The minimum Gasteiger partial charge on any atom is -0.386 e. The molecule has 1 fully saturated rings. The van der Waals surface area contributed by atoms with Crippen molar-refractivity contribution >= 4 is 11.3 Å². The molecule has 2 nitrogen and oxygen atoms in total. The maximum absolute atomic E-state index is 10.1. The van der Waals surface area contributed by atoms with E-state index in [1.165, 1.54) is 25.7 Å². The van der Waals surface area contributed by atoms with Gasteiger partial charge in [-0.2, -0.15) is 0 Å². The summed E-state index contributed by atoms with van der Waals surface area (Å²) in [6.45, 7) is 2.10. The topological polar surface area (TPSA) is 33.1 Å². The molecule has 0 bridgehead atoms. The molecule has 1 N–H and O–H groups in total. The van der Waals surface area contributed by atoms with Crippen LogP contribution in [0.2, 0.25) is 0 Å². The van der Waals surface area contributed by atoms with Crippen LogP contribution < -0.4 is 0 Å². The molecular weight excluding hydrogens is 194 g/mol. The number of aliphatic hydroxyl groups excluding tert-OH is 1. The summed E-state index contributed by atoms with van der Waals surface area (Å²) < 4.78 is 0. The van der Waals surface area contributed by atoms with Gasteiger partial charge in [0.2, 0.25) is 0 Å². The van der Waals surface area contributed by atoms with E-state index in [0.717, 1.165) is 17.1 Å². The predicted molar refractivity (Wildman–Crippen MR) is 58.4 cm³/mol. The molecule has 1 heterocycles. The number of nitrogens with zero attached hydrogens (tertiary/aromatic N) is 1. The van der Waals surface area contributed by atoms with Crippen LogP contribution >= 0.6 is 11.3 Å². The molecule has 1 atom stereocenters. The van der Waals surface area contributed by atoms with E-state index in [1.54, 1.807) is 11.3 Å². The Morgan fingerprint density at radius 3 is 2.86 bits per heavy atom. The average molecular weight is 211 g/mol. The Labute approximate surface area is 89.0 Å². The number of hydrogen-bond donors (Lipinski definition) is 1. The first-order chi connectivity index (χ1) is 6.81. The van der Waals surface area contributed by atoms with Crippen molar-refractivity contribution in [2.24, 2.45) is 5.92 Å². The van der Waals surface area contributed by atoms with Gasteiger partial charge in [0.1, 0.15) is 0 Å². The van der Waals surface area contributed by atoms with Crippen molar-refractivity contribution in [3.8, 4) is 0 Å². The van der Waals surface area contributed by atoms with Crippen LogP contribution in [0.25, 0.3) is 0 Å². The first kappa shape index (κ1) is 10.1. The summed E-state index contributed by atoms with van der Waals surface area (Å²) in [5, 5.41) is 13.2. The predicted octanol–water partition coefficient (Wildman–Crippen LogP) is 2.93. The molecule has 0 radical (unpaired) electrons. The Morgan fingerprint density at radius 2 is 2.29 bits per heavy atom. The molecule has 3 heteroatoms. The van der Waals surface area contributed by atoms with Crippen molar-refractivity contribution in [2.75, 3.05) is 0 Å². The van der Waals surface area contributed by atoms with Crippen molar-refractivity contribution < 1.29 is 5.11 Å². The second-order valence-corrected chi connectivity index (χ2v) is 4.95. The first-order valence-electron chi connectivity index (χ1n) is 5.43. The summed E-state index contributed by atoms with van der Waals surface area (Å²) in [6, 6.07) is 0. The molecule has 1 aliphatic rings. The Balaban J connectivity index is 2.05. The lowest BCUT2D eigenvalue weighted by Gasteiger charge is -2.14. The van der Waals surface area contributed by atoms with Gasteiger partial charge in [0.15, 0.2) is 0 Å². The van der Waals surface area contributed by atoms with Crippen LogP contribution in [0.1, 0.15) is 49.4 Å². The molecule has 0 saturated heterocycles. The minimum absolute atomic E-state index is 0.311. The summed E-state index contributed by atoms with van der Waals surface area (Å²) in [5.74, 6) is 0.460. The summed E-state index contributed by atoms with van der Waals surface area (Å²) in [7, 11) is 0. The third-order valence-electron chi connectivity index (χ3n) is 3.02. The lowest BCUT2D eigenvalue weighted by atomic mass is 9.99. The Kier molecular flexibility index (Phi) is 3.19. The largest absolute Gasteiger partial charge is 0.386 e. The molecule has 1 aromatic heterocycles. The van der Waals surface area contributed by atoms with E-state index in [-0.39, 0.29) is 6.10 Å². The van der Waals surface area contributed by atoms with Gasteiger partial charge >= 0.3 is 0 Å². The van der Waals surface area contributed by atoms with E-state index in [9.17, 15) is 5.11 Å². The van der Waals surface area contributed by atoms with Gasteiger partial charge in [-0.25, -0.2) is 4.98 Å². The lowest BCUT2D eigenvalue weighted by Crippen LogP contribution is -2.09. The number of aromatic nitrogens is 1. The van der Waals surface area contributed by atoms with Crippen LogP contribution in [0, 0.1) is 5.92 Å². The van der Waals surface area contributed by atoms with Crippen LogP contribution in [0.15, 0.2) is 5.38 Å². The standard InChI is InChI=1S/C11H17NOS/c1-2-10-12-9(7-14-10)11(13)8-5-3-4-6-8/h7-8,11,13H,2-6H2,1H3. The Morgan fingerprint density at radius 1 is 1.57 bits per heavy atom. The van der Waals surface area contributed by atoms with E-state index in [1.807, 2.05) is 5.38 Å². The third kappa shape index (κ3) is 1.98. The minimum atomic E-state index is -0.311. The van der Waals surface area contributed by atoms with Gasteiger partial charge in [-0.05, 0) is 25.2 Å². The van der Waals surface area contributed by atoms with Gasteiger partial charge in [0, 0.05) is 5.38 Å². The van der Waals surface area contributed by atoms with Crippen LogP contribution in [0.3, 0.4) is 0 Å². The molecule has 78 valence electrons. The quantitative estimate of drug-likeness (QED) is 0.834. The van der Waals surface area contributed by atoms with Crippen LogP contribution in [0.5, 0.6) is 0 Å². The number of aryl methyl sites for hydroxylation is 1. The van der Waals surface area contributed by atoms with Crippen molar-refractivity contribution in [3.05, 3.63) is 16.1 Å². The Hall–Kier alpha value is -0.410. The molecule has 1 unspecified atom stereocenters. The molecule has 0 aliphatic heterocycles. The first-order valence-corrected chi connectivity index (χ1v) is 6.31. The number of hydrogen-bond acceptors (Lipinski definition) is 3. The van der Waals surface area contributed by atoms with E-state index >= 15 is 0 Å². The SMILES string of the molecule is CCc1nc(C(O)C2CCCC2)cs1. The van der Waals surface area contributed by atoms with Gasteiger partial charge in [0.25, 0.3) is 0 Å². The maximum Gasteiger partial charge on any atom is 0.0996 e. The highest BCUT2D eigenvalue weighted by molar-refractivity contribution is 7.09. The summed E-state index contributed by atoms with van der Waals surface area (Å²) in [5.41, 5.74) is 0.902. The van der Waals surface area contributed by atoms with Gasteiger partial charge in [-0.3, -0.25) is 0 Å². The van der Waals surface area contributed by atoms with Crippen molar-refractivity contribution in [1.29, 1.82) is 0 Å². The van der Waals surface area contributed by atoms with Gasteiger partial charge in [-0.1, -0.05) is 19.8 Å². The van der Waals surface area contributed by atoms with Crippen LogP contribution in [0.4, 0.5) is 0 Å². The zero-order valence-electron chi connectivity index (χ0n) is 8.57. The van der Waals surface area contributed by atoms with Gasteiger partial charge < -0.3 is 5.11 Å². The van der Waals surface area contributed by atoms with Crippen LogP contribution in [-0.2, 0) is 6.42 Å². The van der Waals surface area contributed by atoms with E-state index < -0.39 is 0 Å². The van der Waals surface area contributed by atoms with Crippen molar-refractivity contribution in [1.82, 2.24) is 4.98 Å². The second-order valence-electron chi connectivity index (χ2n) is 4.01. The number of thiazole rings is 1. The second kappa shape index (κ2) is 4.41. The van der Waals surface area contributed by atoms with E-state index in [2.05, 4.69) is 11.9 Å². The average Bonchev–Trinajstić information content (AvgIpc) is 2.88. The highest BCUT2D eigenvalue weighted by Crippen LogP contribution is 2.35. The van der Waals surface area contributed by atoms with Crippen molar-refractivity contribution in [3.63, 3.8) is 0 Å². The number of rotatable bonds is 3. The normalized spacial score (nSPS) is 20.1. The highest BCUT2D eigenvalue weighted by atomic mass is 32.1. The zero-order valence-corrected chi connectivity index (χ0v) is 9.39. The van der Waals surface area contributed by atoms with E-state index in [4.69, 9.17) is 0 Å². The molecule has 0 amide bonds. The fraction of sp³-hybridized carbons (Fsp3) is 0.727. The molecular formula is C11H17NOS. The van der Waals surface area contributed by atoms with E-state index in [0.29, 0.717) is 5.92 Å². The smallest absolute Gasteiger partial charge is 0.0996 e. The summed E-state index contributed by atoms with van der Waals surface area (Å²) in [6.07, 6.45) is 5.54. The van der Waals surface area contributed by atoms with Gasteiger partial charge in [-0.15, -0.1) is 11.3 Å². The molecule has 1 saturated carbocycles. The molecule has 1 aromatic rings. The molecule has 14 heavy (non-hydrogen) atoms. The third-order valence-corrected chi connectivity index (χ3v) is 4.03. The maximum atomic E-state index is 10.1. The summed E-state index contributed by atoms with van der Waals surface area (Å²) in [4.78, 5) is 4.44. The monoisotopic (exact) mass is 211 g/mol. The fourth-order valence-corrected chi connectivity index (χ4v) is 2.91. The summed E-state index contributed by atoms with van der Waals surface area (Å²) >= 11 is 1.67. The molecule has 0 spiro atoms. The highest BCUT2D eigenvalue weighted by Gasteiger charge is 2.25. The molecule has 0 aromatic carbocycles. The molecule has 1 aliphatic carbocycles. The molecule has 2 rings (SSSR count). The van der Waals surface area contributed by atoms with Crippen LogP contribution in [-0.4, -0.2) is 10.1 Å². The van der Waals surface area contributed by atoms with Gasteiger partial charge in [0.05, 0.1) is 16.8 Å². The van der Waals surface area contributed by atoms with Crippen molar-refractivity contribution in [2.45, 2.75) is 45.1 Å². The zero-order chi connectivity index (χ0) is 9.97. The Bertz CT molecular complexity index is 291.